The van der Waals surface area contributed by atoms with Crippen LogP contribution in [0.3, 0.4) is 0 Å². The number of hydrogen-bond donors (Lipinski definition) is 3. The lowest BCUT2D eigenvalue weighted by Crippen LogP contribution is -2.41. The minimum Gasteiger partial charge on any atom is -0.369 e. The molecule has 0 fully saturated rings. The highest BCUT2D eigenvalue weighted by atomic mass is 19.4. The maximum absolute atomic E-state index is 12.9. The average Bonchev–Trinajstić information content (AvgIpc) is 2.66. The summed E-state index contributed by atoms with van der Waals surface area (Å²) in [7, 11) is 3.19. The van der Waals surface area contributed by atoms with Crippen LogP contribution in [0.1, 0.15) is 37.8 Å². The Bertz CT molecular complexity index is 823. The molecule has 1 rings (SSSR count). The second kappa shape index (κ2) is 11.3. The van der Waals surface area contributed by atoms with E-state index in [9.17, 15) is 22.8 Å². The van der Waals surface area contributed by atoms with Gasteiger partial charge in [-0.2, -0.15) is 18.2 Å². The van der Waals surface area contributed by atoms with Crippen molar-refractivity contribution in [2.24, 2.45) is 10.7 Å². The Morgan fingerprint density at radius 2 is 1.90 bits per heavy atom. The first kappa shape index (κ1) is 25.9. The van der Waals surface area contributed by atoms with E-state index in [0.717, 1.165) is 12.1 Å². The number of nitrogens with one attached hydrogen (secondary N) is 2. The van der Waals surface area contributed by atoms with Crippen molar-refractivity contribution >= 4 is 23.7 Å². The molecule has 172 valence electrons. The summed E-state index contributed by atoms with van der Waals surface area (Å²) in [6.45, 7) is 3.86. The van der Waals surface area contributed by atoms with Crippen molar-refractivity contribution in [3.8, 4) is 0 Å². The molecular formula is C20H29F3N6O2. The van der Waals surface area contributed by atoms with E-state index in [-0.39, 0.29) is 43.1 Å². The van der Waals surface area contributed by atoms with Gasteiger partial charge in [0.2, 0.25) is 23.7 Å². The summed E-state index contributed by atoms with van der Waals surface area (Å²) in [4.78, 5) is 31.1. The predicted molar refractivity (Wildman–Crippen MR) is 112 cm³/mol. The van der Waals surface area contributed by atoms with E-state index in [2.05, 4.69) is 10.3 Å². The number of nitrogens with zero attached hydrogens (tertiary/aromatic N) is 3. The van der Waals surface area contributed by atoms with Crippen molar-refractivity contribution in [3.05, 3.63) is 35.4 Å². The standard InChI is InChI=1S/C20H29F3N6O2/c1-5-29(13(2)11-14-7-6-8-15(12-14)20(21,22)23)17(31)10-9-16(30)26-18(24)27-19(25)28(3)4/h6-8,12-13H,5,9-11H2,1-4H3,(H4,24,25,26,27,30). The van der Waals surface area contributed by atoms with Crippen LogP contribution < -0.4 is 11.1 Å². The number of benzene rings is 1. The summed E-state index contributed by atoms with van der Waals surface area (Å²) in [5.41, 5.74) is 5.30. The Kier molecular flexibility index (Phi) is 9.47. The lowest BCUT2D eigenvalue weighted by molar-refractivity contribution is -0.138. The number of hydrogen-bond acceptors (Lipinski definition) is 3. The van der Waals surface area contributed by atoms with Gasteiger partial charge in [0.05, 0.1) is 5.56 Å². The van der Waals surface area contributed by atoms with Gasteiger partial charge in [-0.25, -0.2) is 0 Å². The number of carbonyl (C=O) groups is 2. The lowest BCUT2D eigenvalue weighted by Gasteiger charge is -2.28. The SMILES string of the molecule is CCN(C(=O)CCC(=O)N/C(N)=N/C(=N)N(C)C)C(C)Cc1cccc(C(F)(F)F)c1. The molecule has 31 heavy (non-hydrogen) atoms. The first-order valence-electron chi connectivity index (χ1n) is 9.70. The van der Waals surface area contributed by atoms with Gasteiger partial charge in [-0.3, -0.25) is 20.3 Å². The van der Waals surface area contributed by atoms with E-state index in [1.165, 1.54) is 15.9 Å². The number of carbonyl (C=O) groups excluding carboxylic acids is 2. The number of amides is 2. The molecule has 1 unspecified atom stereocenters. The molecule has 4 N–H and O–H groups in total. The highest BCUT2D eigenvalue weighted by molar-refractivity contribution is 6.01. The maximum atomic E-state index is 12.9. The molecular weight excluding hydrogens is 413 g/mol. The Morgan fingerprint density at radius 1 is 1.26 bits per heavy atom. The second-order valence-corrected chi connectivity index (χ2v) is 7.19. The largest absolute Gasteiger partial charge is 0.416 e. The van der Waals surface area contributed by atoms with E-state index >= 15 is 0 Å². The average molecular weight is 442 g/mol. The molecule has 1 atom stereocenters. The van der Waals surface area contributed by atoms with E-state index in [0.29, 0.717) is 12.1 Å². The fourth-order valence-corrected chi connectivity index (χ4v) is 2.87. The molecule has 0 aliphatic heterocycles. The predicted octanol–water partition coefficient (Wildman–Crippen LogP) is 2.19. The van der Waals surface area contributed by atoms with Crippen LogP contribution in [0, 0.1) is 5.41 Å². The highest BCUT2D eigenvalue weighted by Crippen LogP contribution is 2.29. The molecule has 0 aliphatic carbocycles. The Labute approximate surface area is 179 Å². The van der Waals surface area contributed by atoms with E-state index in [1.54, 1.807) is 34.0 Å². The van der Waals surface area contributed by atoms with Crippen LogP contribution in [0.25, 0.3) is 0 Å². The smallest absolute Gasteiger partial charge is 0.369 e. The van der Waals surface area contributed by atoms with Gasteiger partial charge in [0.1, 0.15) is 0 Å². The molecule has 0 spiro atoms. The second-order valence-electron chi connectivity index (χ2n) is 7.19. The zero-order valence-electron chi connectivity index (χ0n) is 18.1. The van der Waals surface area contributed by atoms with Gasteiger partial charge in [-0.05, 0) is 31.9 Å². The topological polar surface area (TPSA) is 115 Å². The van der Waals surface area contributed by atoms with Crippen LogP contribution in [-0.4, -0.2) is 60.2 Å². The lowest BCUT2D eigenvalue weighted by atomic mass is 10.0. The van der Waals surface area contributed by atoms with Gasteiger partial charge in [0.25, 0.3) is 0 Å². The zero-order chi connectivity index (χ0) is 23.8. The van der Waals surface area contributed by atoms with Crippen LogP contribution in [0.5, 0.6) is 0 Å². The molecule has 8 nitrogen and oxygen atoms in total. The Hall–Kier alpha value is -3.11. The number of nitrogens with two attached hydrogens (primary N) is 1. The minimum atomic E-state index is -4.43. The first-order valence-corrected chi connectivity index (χ1v) is 9.70. The molecule has 1 aromatic rings. The first-order chi connectivity index (χ1) is 14.3. The molecule has 0 saturated heterocycles. The third-order valence-corrected chi connectivity index (χ3v) is 4.46. The molecule has 0 aliphatic rings. The van der Waals surface area contributed by atoms with E-state index < -0.39 is 17.6 Å². The van der Waals surface area contributed by atoms with Gasteiger partial charge in [0, 0.05) is 39.5 Å². The highest BCUT2D eigenvalue weighted by Gasteiger charge is 2.30. The molecule has 0 saturated carbocycles. The van der Waals surface area contributed by atoms with Crippen molar-refractivity contribution in [3.63, 3.8) is 0 Å². The molecule has 11 heteroatoms. The van der Waals surface area contributed by atoms with Crippen molar-refractivity contribution in [1.29, 1.82) is 5.41 Å². The third kappa shape index (κ3) is 8.65. The van der Waals surface area contributed by atoms with Crippen molar-refractivity contribution in [2.45, 2.75) is 45.3 Å². The number of likely N-dealkylation sites (N-methyl/N-ethyl adjacent to an activating group) is 1. The monoisotopic (exact) mass is 442 g/mol. The molecule has 0 radical (unpaired) electrons. The molecule has 2 amide bonds. The third-order valence-electron chi connectivity index (χ3n) is 4.46. The van der Waals surface area contributed by atoms with E-state index in [4.69, 9.17) is 11.1 Å². The molecule has 0 aromatic heterocycles. The Balaban J connectivity index is 2.66. The summed E-state index contributed by atoms with van der Waals surface area (Å²) in [5, 5.41) is 9.85. The normalized spacial score (nSPS) is 12.8. The number of guanidine groups is 2. The summed E-state index contributed by atoms with van der Waals surface area (Å²) < 4.78 is 38.7. The minimum absolute atomic E-state index is 0.0923. The van der Waals surface area contributed by atoms with Crippen molar-refractivity contribution in [1.82, 2.24) is 15.1 Å². The van der Waals surface area contributed by atoms with Gasteiger partial charge in [-0.1, -0.05) is 18.2 Å². The number of aliphatic imine (C=N–C) groups is 1. The number of halogens is 3. The molecule has 0 heterocycles. The van der Waals surface area contributed by atoms with Crippen LogP contribution in [0.15, 0.2) is 29.3 Å². The van der Waals surface area contributed by atoms with Gasteiger partial charge < -0.3 is 15.5 Å². The summed E-state index contributed by atoms with van der Waals surface area (Å²) in [6.07, 6.45) is -4.41. The van der Waals surface area contributed by atoms with Crippen molar-refractivity contribution in [2.75, 3.05) is 20.6 Å². The summed E-state index contributed by atoms with van der Waals surface area (Å²) in [6, 6.07) is 4.66. The quantitative estimate of drug-likeness (QED) is 0.444. The Morgan fingerprint density at radius 3 is 2.45 bits per heavy atom. The molecule has 0 bridgehead atoms. The molecule has 1 aromatic carbocycles. The summed E-state index contributed by atoms with van der Waals surface area (Å²) >= 11 is 0. The van der Waals surface area contributed by atoms with Crippen LogP contribution in [0.4, 0.5) is 13.2 Å². The number of rotatable bonds is 7. The number of alkyl halides is 3. The van der Waals surface area contributed by atoms with Crippen molar-refractivity contribution < 1.29 is 22.8 Å². The fourth-order valence-electron chi connectivity index (χ4n) is 2.87. The van der Waals surface area contributed by atoms with Gasteiger partial charge in [0.15, 0.2) is 0 Å². The maximum Gasteiger partial charge on any atom is 0.416 e. The van der Waals surface area contributed by atoms with Crippen LogP contribution >= 0.6 is 0 Å². The van der Waals surface area contributed by atoms with Gasteiger partial charge >= 0.3 is 6.18 Å². The summed E-state index contributed by atoms with van der Waals surface area (Å²) in [5.74, 6) is -1.22. The fraction of sp³-hybridized carbons (Fsp3) is 0.500. The van der Waals surface area contributed by atoms with Gasteiger partial charge in [-0.15, -0.1) is 0 Å². The van der Waals surface area contributed by atoms with Crippen LogP contribution in [-0.2, 0) is 22.2 Å². The zero-order valence-corrected chi connectivity index (χ0v) is 18.1. The van der Waals surface area contributed by atoms with E-state index in [1.807, 2.05) is 0 Å². The van der Waals surface area contributed by atoms with Crippen LogP contribution in [0.2, 0.25) is 0 Å².